The Morgan fingerprint density at radius 2 is 2.40 bits per heavy atom. The molecule has 0 saturated heterocycles. The van der Waals surface area contributed by atoms with Crippen LogP contribution >= 0.6 is 0 Å². The van der Waals surface area contributed by atoms with Crippen molar-refractivity contribution >= 4 is 0 Å². The fourth-order valence-electron chi connectivity index (χ4n) is 0.596. The number of nitrogens with zero attached hydrogens (tertiary/aromatic N) is 1. The first-order valence-corrected chi connectivity index (χ1v) is 2.94. The van der Waals surface area contributed by atoms with Gasteiger partial charge in [-0.1, -0.05) is 6.07 Å². The molecular weight excluding hydrogens is 133 g/mol. The van der Waals surface area contributed by atoms with Crippen LogP contribution in [0.5, 0.6) is 5.88 Å². The zero-order valence-corrected chi connectivity index (χ0v) is 5.67. The standard InChI is InChI=1S/C7H8FNO/c1-6-2-3-7(9-4-6)10-5-8/h2-4H,5H2,1H3. The Kier molecular flexibility index (Phi) is 2.20. The minimum atomic E-state index is -0.823. The normalized spacial score (nSPS) is 9.40. The van der Waals surface area contributed by atoms with Crippen molar-refractivity contribution in [1.82, 2.24) is 4.98 Å². The van der Waals surface area contributed by atoms with Gasteiger partial charge >= 0.3 is 0 Å². The van der Waals surface area contributed by atoms with Crippen molar-refractivity contribution in [3.8, 4) is 5.88 Å². The zero-order valence-electron chi connectivity index (χ0n) is 5.67. The van der Waals surface area contributed by atoms with Crippen molar-refractivity contribution in [2.75, 3.05) is 6.86 Å². The molecule has 3 heteroatoms. The van der Waals surface area contributed by atoms with Crippen molar-refractivity contribution in [3.05, 3.63) is 23.9 Å². The summed E-state index contributed by atoms with van der Waals surface area (Å²) < 4.78 is 16.0. The van der Waals surface area contributed by atoms with Gasteiger partial charge < -0.3 is 4.74 Å². The van der Waals surface area contributed by atoms with E-state index in [2.05, 4.69) is 9.72 Å². The molecule has 0 atom stereocenters. The van der Waals surface area contributed by atoms with Crippen LogP contribution in [-0.2, 0) is 0 Å². The number of hydrogen-bond donors (Lipinski definition) is 0. The topological polar surface area (TPSA) is 22.1 Å². The fraction of sp³-hybridized carbons (Fsp3) is 0.286. The van der Waals surface area contributed by atoms with Gasteiger partial charge in [-0.05, 0) is 12.5 Å². The molecule has 10 heavy (non-hydrogen) atoms. The summed E-state index contributed by atoms with van der Waals surface area (Å²) in [6, 6.07) is 3.45. The molecule has 0 fully saturated rings. The van der Waals surface area contributed by atoms with E-state index >= 15 is 0 Å². The molecule has 1 aromatic rings. The van der Waals surface area contributed by atoms with Crippen molar-refractivity contribution in [3.63, 3.8) is 0 Å². The van der Waals surface area contributed by atoms with Crippen LogP contribution in [0.4, 0.5) is 4.39 Å². The van der Waals surface area contributed by atoms with Crippen LogP contribution in [0, 0.1) is 6.92 Å². The van der Waals surface area contributed by atoms with Crippen LogP contribution in [-0.4, -0.2) is 11.8 Å². The van der Waals surface area contributed by atoms with Gasteiger partial charge in [0.05, 0.1) is 0 Å². The number of aryl methyl sites for hydroxylation is 1. The van der Waals surface area contributed by atoms with Crippen molar-refractivity contribution < 1.29 is 9.13 Å². The molecule has 0 bridgehead atoms. The highest BCUT2D eigenvalue weighted by atomic mass is 19.1. The minimum absolute atomic E-state index is 0.327. The second kappa shape index (κ2) is 3.15. The number of hydrogen-bond acceptors (Lipinski definition) is 2. The Morgan fingerprint density at radius 1 is 1.60 bits per heavy atom. The first-order valence-electron chi connectivity index (χ1n) is 2.94. The maximum Gasteiger partial charge on any atom is 0.230 e. The maximum atomic E-state index is 11.5. The number of ether oxygens (including phenoxy) is 1. The van der Waals surface area contributed by atoms with Gasteiger partial charge in [-0.2, -0.15) is 0 Å². The molecule has 0 radical (unpaired) electrons. The monoisotopic (exact) mass is 141 g/mol. The van der Waals surface area contributed by atoms with E-state index in [4.69, 9.17) is 0 Å². The molecule has 0 saturated carbocycles. The van der Waals surface area contributed by atoms with E-state index in [9.17, 15) is 4.39 Å². The highest BCUT2D eigenvalue weighted by molar-refractivity contribution is 5.15. The smallest absolute Gasteiger partial charge is 0.230 e. The molecule has 0 N–H and O–H groups in total. The molecule has 0 spiro atoms. The Labute approximate surface area is 58.7 Å². The number of pyridine rings is 1. The number of aromatic nitrogens is 1. The average molecular weight is 141 g/mol. The Balaban J connectivity index is 2.69. The van der Waals surface area contributed by atoms with E-state index in [1.165, 1.54) is 0 Å². The third-order valence-corrected chi connectivity index (χ3v) is 1.09. The average Bonchev–Trinajstić information content (AvgIpc) is 1.95. The maximum absolute atomic E-state index is 11.5. The lowest BCUT2D eigenvalue weighted by Gasteiger charge is -1.97. The van der Waals surface area contributed by atoms with Crippen LogP contribution < -0.4 is 4.74 Å². The third kappa shape index (κ3) is 1.69. The molecule has 1 heterocycles. The van der Waals surface area contributed by atoms with Crippen LogP contribution in [0.25, 0.3) is 0 Å². The van der Waals surface area contributed by atoms with E-state index in [-0.39, 0.29) is 0 Å². The van der Waals surface area contributed by atoms with E-state index in [0.717, 1.165) is 5.56 Å². The lowest BCUT2D eigenvalue weighted by Crippen LogP contribution is -1.92. The molecule has 0 aliphatic heterocycles. The minimum Gasteiger partial charge on any atom is -0.446 e. The van der Waals surface area contributed by atoms with E-state index < -0.39 is 6.86 Å². The molecule has 0 aromatic carbocycles. The van der Waals surface area contributed by atoms with Gasteiger partial charge in [-0.15, -0.1) is 0 Å². The van der Waals surface area contributed by atoms with Gasteiger partial charge in [0.15, 0.2) is 0 Å². The zero-order chi connectivity index (χ0) is 7.40. The van der Waals surface area contributed by atoms with Crippen molar-refractivity contribution in [1.29, 1.82) is 0 Å². The second-order valence-corrected chi connectivity index (χ2v) is 1.93. The predicted molar refractivity (Wildman–Crippen MR) is 35.6 cm³/mol. The largest absolute Gasteiger partial charge is 0.446 e. The van der Waals surface area contributed by atoms with E-state index in [0.29, 0.717) is 5.88 Å². The summed E-state index contributed by atoms with van der Waals surface area (Å²) in [5, 5.41) is 0. The molecule has 0 aliphatic rings. The first-order chi connectivity index (χ1) is 4.83. The van der Waals surface area contributed by atoms with Crippen LogP contribution in [0.15, 0.2) is 18.3 Å². The molecule has 1 aromatic heterocycles. The summed E-state index contributed by atoms with van der Waals surface area (Å²) >= 11 is 0. The van der Waals surface area contributed by atoms with Crippen LogP contribution in [0.3, 0.4) is 0 Å². The lowest BCUT2D eigenvalue weighted by molar-refractivity contribution is 0.184. The number of rotatable bonds is 2. The summed E-state index contributed by atoms with van der Waals surface area (Å²) in [5.74, 6) is 0.327. The Morgan fingerprint density at radius 3 is 2.90 bits per heavy atom. The van der Waals surface area contributed by atoms with Gasteiger partial charge in [0, 0.05) is 12.3 Å². The quantitative estimate of drug-likeness (QED) is 0.625. The van der Waals surface area contributed by atoms with Gasteiger partial charge in [-0.25, -0.2) is 9.37 Å². The Bertz CT molecular complexity index is 197. The predicted octanol–water partition coefficient (Wildman–Crippen LogP) is 1.70. The van der Waals surface area contributed by atoms with Crippen molar-refractivity contribution in [2.24, 2.45) is 0 Å². The van der Waals surface area contributed by atoms with Gasteiger partial charge in [-0.3, -0.25) is 0 Å². The Hall–Kier alpha value is -1.12. The van der Waals surface area contributed by atoms with Gasteiger partial charge in [0.25, 0.3) is 0 Å². The molecule has 1 rings (SSSR count). The molecular formula is C7H8FNO. The third-order valence-electron chi connectivity index (χ3n) is 1.09. The highest BCUT2D eigenvalue weighted by Crippen LogP contribution is 2.05. The molecule has 0 aliphatic carbocycles. The number of alkyl halides is 1. The fourth-order valence-corrected chi connectivity index (χ4v) is 0.596. The van der Waals surface area contributed by atoms with Crippen LogP contribution in [0.2, 0.25) is 0 Å². The summed E-state index contributed by atoms with van der Waals surface area (Å²) in [6.45, 7) is 1.09. The lowest BCUT2D eigenvalue weighted by atomic mass is 10.3. The summed E-state index contributed by atoms with van der Waals surface area (Å²) in [6.07, 6.45) is 1.63. The van der Waals surface area contributed by atoms with Crippen molar-refractivity contribution in [2.45, 2.75) is 6.92 Å². The summed E-state index contributed by atoms with van der Waals surface area (Å²) in [7, 11) is 0. The molecule has 2 nitrogen and oxygen atoms in total. The van der Waals surface area contributed by atoms with Crippen LogP contribution in [0.1, 0.15) is 5.56 Å². The number of halogens is 1. The van der Waals surface area contributed by atoms with Gasteiger partial charge in [0.1, 0.15) is 0 Å². The SMILES string of the molecule is Cc1ccc(OCF)nc1. The van der Waals surface area contributed by atoms with E-state index in [1.807, 2.05) is 13.0 Å². The highest BCUT2D eigenvalue weighted by Gasteiger charge is 1.90. The second-order valence-electron chi connectivity index (χ2n) is 1.93. The summed E-state index contributed by atoms with van der Waals surface area (Å²) in [4.78, 5) is 3.81. The molecule has 0 amide bonds. The summed E-state index contributed by atoms with van der Waals surface area (Å²) in [5.41, 5.74) is 1.03. The molecule has 0 unspecified atom stereocenters. The first kappa shape index (κ1) is 6.99. The molecule has 54 valence electrons. The van der Waals surface area contributed by atoms with Gasteiger partial charge in [0.2, 0.25) is 12.7 Å². The van der Waals surface area contributed by atoms with E-state index in [1.54, 1.807) is 12.3 Å².